The van der Waals surface area contributed by atoms with E-state index in [1.807, 2.05) is 17.9 Å². The molecule has 1 fully saturated rings. The molecule has 1 amide bonds. The van der Waals surface area contributed by atoms with Gasteiger partial charge in [-0.2, -0.15) is 4.68 Å². The lowest BCUT2D eigenvalue weighted by molar-refractivity contribution is -0.120. The van der Waals surface area contributed by atoms with E-state index >= 15 is 0 Å². The topological polar surface area (TPSA) is 67.2 Å². The molecule has 4 rings (SSSR count). The van der Waals surface area contributed by atoms with Gasteiger partial charge in [0.15, 0.2) is 0 Å². The highest BCUT2D eigenvalue weighted by Crippen LogP contribution is 2.24. The lowest BCUT2D eigenvalue weighted by Gasteiger charge is -2.32. The van der Waals surface area contributed by atoms with Gasteiger partial charge in [-0.15, -0.1) is 5.10 Å². The molecule has 1 saturated heterocycles. The first-order valence-corrected chi connectivity index (χ1v) is 10.5. The number of halogens is 2. The van der Waals surface area contributed by atoms with E-state index in [-0.39, 0.29) is 23.2 Å². The number of nitrogens with zero attached hydrogens (tertiary/aromatic N) is 3. The highest BCUT2D eigenvalue weighted by atomic mass is 35.5. The van der Waals surface area contributed by atoms with E-state index in [4.69, 9.17) is 11.6 Å². The van der Waals surface area contributed by atoms with Crippen LogP contribution in [0, 0.1) is 18.7 Å². The van der Waals surface area contributed by atoms with Crippen LogP contribution in [0.1, 0.15) is 18.4 Å². The van der Waals surface area contributed by atoms with Gasteiger partial charge in [-0.25, -0.2) is 4.39 Å². The number of piperidine rings is 1. The summed E-state index contributed by atoms with van der Waals surface area (Å²) in [6, 6.07) is 14.2. The third-order valence-corrected chi connectivity index (χ3v) is 5.82. The van der Waals surface area contributed by atoms with Gasteiger partial charge in [-0.05, 0) is 67.8 Å². The van der Waals surface area contributed by atoms with Gasteiger partial charge in [0.25, 0.3) is 5.56 Å². The van der Waals surface area contributed by atoms with E-state index in [2.05, 4.69) is 10.4 Å². The first-order chi connectivity index (χ1) is 14.9. The van der Waals surface area contributed by atoms with E-state index in [0.717, 1.165) is 24.9 Å². The molecule has 1 aliphatic rings. The Hall–Kier alpha value is -3.19. The van der Waals surface area contributed by atoms with Gasteiger partial charge in [0.2, 0.25) is 5.91 Å². The fourth-order valence-corrected chi connectivity index (χ4v) is 3.82. The number of carbonyl (C=O) groups is 1. The molecule has 1 unspecified atom stereocenters. The molecule has 0 bridgehead atoms. The summed E-state index contributed by atoms with van der Waals surface area (Å²) in [7, 11) is 0. The molecule has 1 aromatic heterocycles. The number of carbonyl (C=O) groups excluding carboxylic acids is 1. The summed E-state index contributed by atoms with van der Waals surface area (Å²) in [4.78, 5) is 27.1. The minimum absolute atomic E-state index is 0.116. The van der Waals surface area contributed by atoms with Crippen LogP contribution in [0.2, 0.25) is 5.02 Å². The van der Waals surface area contributed by atoms with Crippen molar-refractivity contribution in [1.29, 1.82) is 0 Å². The van der Waals surface area contributed by atoms with Crippen molar-refractivity contribution in [2.75, 3.05) is 23.3 Å². The number of aryl methyl sites for hydroxylation is 1. The Bertz CT molecular complexity index is 1160. The fraction of sp³-hybridized carbons (Fsp3) is 0.261. The number of hydrogen-bond donors (Lipinski definition) is 1. The van der Waals surface area contributed by atoms with Gasteiger partial charge in [0, 0.05) is 29.9 Å². The highest BCUT2D eigenvalue weighted by molar-refractivity contribution is 6.31. The molecule has 6 nitrogen and oxygen atoms in total. The zero-order valence-electron chi connectivity index (χ0n) is 17.0. The van der Waals surface area contributed by atoms with Crippen LogP contribution in [0.4, 0.5) is 15.9 Å². The minimum atomic E-state index is -0.349. The number of anilines is 2. The molecule has 3 aromatic rings. The van der Waals surface area contributed by atoms with Crippen molar-refractivity contribution in [3.05, 3.63) is 81.4 Å². The van der Waals surface area contributed by atoms with Crippen LogP contribution in [0.3, 0.4) is 0 Å². The van der Waals surface area contributed by atoms with Crippen molar-refractivity contribution in [3.63, 3.8) is 0 Å². The molecule has 2 heterocycles. The van der Waals surface area contributed by atoms with Crippen LogP contribution in [0.25, 0.3) is 5.69 Å². The van der Waals surface area contributed by atoms with Gasteiger partial charge < -0.3 is 10.2 Å². The van der Waals surface area contributed by atoms with Crippen LogP contribution >= 0.6 is 11.6 Å². The predicted octanol–water partition coefficient (Wildman–Crippen LogP) is 4.19. The first-order valence-electron chi connectivity index (χ1n) is 10.1. The third-order valence-electron chi connectivity index (χ3n) is 5.41. The van der Waals surface area contributed by atoms with E-state index in [9.17, 15) is 14.0 Å². The second kappa shape index (κ2) is 8.89. The first kappa shape index (κ1) is 21.1. The van der Waals surface area contributed by atoms with Crippen LogP contribution in [-0.4, -0.2) is 28.8 Å². The van der Waals surface area contributed by atoms with Crippen LogP contribution in [-0.2, 0) is 4.79 Å². The Balaban J connectivity index is 1.52. The van der Waals surface area contributed by atoms with E-state index in [1.165, 1.54) is 35.0 Å². The summed E-state index contributed by atoms with van der Waals surface area (Å²) in [5.74, 6) is -0.0850. The quantitative estimate of drug-likeness (QED) is 0.660. The molecule has 1 N–H and O–H groups in total. The van der Waals surface area contributed by atoms with Gasteiger partial charge in [-0.3, -0.25) is 9.59 Å². The van der Waals surface area contributed by atoms with Gasteiger partial charge in [0.05, 0.1) is 11.6 Å². The predicted molar refractivity (Wildman–Crippen MR) is 120 cm³/mol. The Morgan fingerprint density at radius 1 is 1.16 bits per heavy atom. The number of amides is 1. The molecule has 0 radical (unpaired) electrons. The fourth-order valence-electron chi connectivity index (χ4n) is 3.65. The second-order valence-corrected chi connectivity index (χ2v) is 8.06. The molecular formula is C23H22ClFN4O2. The zero-order valence-corrected chi connectivity index (χ0v) is 17.8. The van der Waals surface area contributed by atoms with Crippen molar-refractivity contribution in [3.8, 4) is 5.69 Å². The molecular weight excluding hydrogens is 419 g/mol. The van der Waals surface area contributed by atoms with Crippen molar-refractivity contribution in [2.45, 2.75) is 19.8 Å². The molecule has 160 valence electrons. The molecule has 1 aliphatic heterocycles. The van der Waals surface area contributed by atoms with Crippen LogP contribution < -0.4 is 15.8 Å². The average molecular weight is 441 g/mol. The molecule has 8 heteroatoms. The lowest BCUT2D eigenvalue weighted by Crippen LogP contribution is -2.41. The van der Waals surface area contributed by atoms with E-state index in [0.29, 0.717) is 28.8 Å². The lowest BCUT2D eigenvalue weighted by atomic mass is 9.97. The second-order valence-electron chi connectivity index (χ2n) is 7.66. The monoisotopic (exact) mass is 440 g/mol. The number of hydrogen-bond acceptors (Lipinski definition) is 4. The summed E-state index contributed by atoms with van der Waals surface area (Å²) in [6.07, 6.45) is 1.56. The molecule has 0 aliphatic carbocycles. The van der Waals surface area contributed by atoms with Gasteiger partial charge in [0.1, 0.15) is 11.6 Å². The van der Waals surface area contributed by atoms with Crippen LogP contribution in [0.15, 0.2) is 59.4 Å². The van der Waals surface area contributed by atoms with E-state index in [1.54, 1.807) is 18.2 Å². The smallest absolute Gasteiger partial charge is 0.271 e. The Morgan fingerprint density at radius 3 is 2.68 bits per heavy atom. The maximum atomic E-state index is 13.1. The van der Waals surface area contributed by atoms with Crippen molar-refractivity contribution >= 4 is 29.0 Å². The minimum Gasteiger partial charge on any atom is -0.354 e. The van der Waals surface area contributed by atoms with Gasteiger partial charge in [-0.1, -0.05) is 17.7 Å². The molecule has 1 atom stereocenters. The van der Waals surface area contributed by atoms with Crippen molar-refractivity contribution in [1.82, 2.24) is 9.78 Å². The normalized spacial score (nSPS) is 16.2. The summed E-state index contributed by atoms with van der Waals surface area (Å²) in [6.45, 7) is 3.11. The molecule has 0 saturated carbocycles. The number of benzene rings is 2. The summed E-state index contributed by atoms with van der Waals surface area (Å²) in [5, 5.41) is 7.93. The number of rotatable bonds is 4. The van der Waals surface area contributed by atoms with Crippen LogP contribution in [0.5, 0.6) is 0 Å². The molecule has 0 spiro atoms. The van der Waals surface area contributed by atoms with Gasteiger partial charge >= 0.3 is 0 Å². The summed E-state index contributed by atoms with van der Waals surface area (Å²) in [5.41, 5.74) is 1.81. The van der Waals surface area contributed by atoms with E-state index < -0.39 is 0 Å². The SMILES string of the molecule is Cc1ccc(-n2nc(N3CCCC(C(=O)Nc4ccc(F)cc4)C3)ccc2=O)cc1Cl. The number of nitrogens with one attached hydrogen (secondary N) is 1. The van der Waals surface area contributed by atoms with Crippen molar-refractivity contribution < 1.29 is 9.18 Å². The maximum Gasteiger partial charge on any atom is 0.271 e. The highest BCUT2D eigenvalue weighted by Gasteiger charge is 2.27. The Kier molecular flexibility index (Phi) is 6.04. The standard InChI is InChI=1S/C23H22ClFN4O2/c1-15-4-9-19(13-20(15)24)29-22(30)11-10-21(27-29)28-12-2-3-16(14-28)23(31)26-18-7-5-17(25)6-8-18/h4-11,13,16H,2-3,12,14H2,1H3,(H,26,31). The summed E-state index contributed by atoms with van der Waals surface area (Å²) >= 11 is 6.21. The summed E-state index contributed by atoms with van der Waals surface area (Å²) < 4.78 is 14.4. The molecule has 2 aromatic carbocycles. The largest absolute Gasteiger partial charge is 0.354 e. The zero-order chi connectivity index (χ0) is 22.0. The van der Waals surface area contributed by atoms with Crippen molar-refractivity contribution in [2.24, 2.45) is 5.92 Å². The Morgan fingerprint density at radius 2 is 1.94 bits per heavy atom. The number of aromatic nitrogens is 2. The Labute approximate surface area is 184 Å². The molecule has 31 heavy (non-hydrogen) atoms. The maximum absolute atomic E-state index is 13.1. The third kappa shape index (κ3) is 4.77. The average Bonchev–Trinajstić information content (AvgIpc) is 2.78.